The van der Waals surface area contributed by atoms with Gasteiger partial charge in [0.1, 0.15) is 11.4 Å². The number of para-hydroxylation sites is 1. The van der Waals surface area contributed by atoms with Gasteiger partial charge in [-0.2, -0.15) is 0 Å². The maximum atomic E-state index is 6.06. The highest BCUT2D eigenvalue weighted by molar-refractivity contribution is 5.38. The molecule has 1 aliphatic heterocycles. The van der Waals surface area contributed by atoms with Crippen molar-refractivity contribution in [2.45, 2.75) is 64.6 Å². The first-order chi connectivity index (χ1) is 8.55. The van der Waals surface area contributed by atoms with E-state index in [1.807, 2.05) is 0 Å². The van der Waals surface area contributed by atoms with Crippen LogP contribution < -0.4 is 10.1 Å². The third-order valence-corrected chi connectivity index (χ3v) is 3.80. The molecule has 2 rings (SSSR count). The summed E-state index contributed by atoms with van der Waals surface area (Å²) in [4.78, 5) is 0. The highest BCUT2D eigenvalue weighted by atomic mass is 16.5. The van der Waals surface area contributed by atoms with E-state index in [1.54, 1.807) is 0 Å². The topological polar surface area (TPSA) is 21.3 Å². The Morgan fingerprint density at radius 3 is 2.61 bits per heavy atom. The number of hydrogen-bond acceptors (Lipinski definition) is 2. The molecule has 1 unspecified atom stereocenters. The van der Waals surface area contributed by atoms with Crippen LogP contribution >= 0.6 is 0 Å². The van der Waals surface area contributed by atoms with Gasteiger partial charge in [0, 0.05) is 24.1 Å². The Morgan fingerprint density at radius 1 is 1.28 bits per heavy atom. The molecule has 1 aromatic rings. The minimum Gasteiger partial charge on any atom is -0.487 e. The molecule has 0 fully saturated rings. The van der Waals surface area contributed by atoms with Crippen LogP contribution in [0.4, 0.5) is 0 Å². The van der Waals surface area contributed by atoms with Crippen LogP contribution in [0.3, 0.4) is 0 Å². The predicted molar refractivity (Wildman–Crippen MR) is 76.0 cm³/mol. The van der Waals surface area contributed by atoms with Gasteiger partial charge < -0.3 is 10.1 Å². The third-order valence-electron chi connectivity index (χ3n) is 3.80. The van der Waals surface area contributed by atoms with Gasteiger partial charge in [0.05, 0.1) is 0 Å². The molecule has 0 spiro atoms. The molecule has 18 heavy (non-hydrogen) atoms. The van der Waals surface area contributed by atoms with Gasteiger partial charge in [-0.1, -0.05) is 32.0 Å². The van der Waals surface area contributed by atoms with Crippen molar-refractivity contribution in [3.8, 4) is 5.75 Å². The van der Waals surface area contributed by atoms with E-state index in [0.29, 0.717) is 12.1 Å². The number of nitrogens with one attached hydrogen (secondary N) is 1. The average Bonchev–Trinajstić information content (AvgIpc) is 2.34. The lowest BCUT2D eigenvalue weighted by Gasteiger charge is -2.39. The standard InChI is InChI=1S/C16H25NO/c1-5-12(6-2)17-14-11-16(3,4)18-15-10-8-7-9-13(14)15/h7-10,12,14,17H,5-6,11H2,1-4H3. The first-order valence-electron chi connectivity index (χ1n) is 7.09. The highest BCUT2D eigenvalue weighted by Crippen LogP contribution is 2.39. The first kappa shape index (κ1) is 13.4. The van der Waals surface area contributed by atoms with Crippen LogP contribution in [0.25, 0.3) is 0 Å². The number of rotatable bonds is 4. The molecular formula is C16H25NO. The van der Waals surface area contributed by atoms with Gasteiger partial charge in [-0.05, 0) is 32.8 Å². The van der Waals surface area contributed by atoms with E-state index in [2.05, 4.69) is 57.3 Å². The minimum absolute atomic E-state index is 0.0853. The highest BCUT2D eigenvalue weighted by Gasteiger charge is 2.33. The van der Waals surface area contributed by atoms with E-state index in [1.165, 1.54) is 18.4 Å². The van der Waals surface area contributed by atoms with Crippen molar-refractivity contribution in [2.75, 3.05) is 0 Å². The summed E-state index contributed by atoms with van der Waals surface area (Å²) in [5.41, 5.74) is 1.22. The molecule has 1 aliphatic rings. The maximum Gasteiger partial charge on any atom is 0.124 e. The van der Waals surface area contributed by atoms with Crippen LogP contribution in [-0.2, 0) is 0 Å². The summed E-state index contributed by atoms with van der Waals surface area (Å²) in [6.07, 6.45) is 3.38. The summed E-state index contributed by atoms with van der Waals surface area (Å²) in [6.45, 7) is 8.84. The molecule has 0 aromatic heterocycles. The van der Waals surface area contributed by atoms with Gasteiger partial charge in [-0.3, -0.25) is 0 Å². The van der Waals surface area contributed by atoms with Crippen molar-refractivity contribution in [3.63, 3.8) is 0 Å². The number of fused-ring (bicyclic) bond motifs is 1. The molecular weight excluding hydrogens is 222 g/mol. The van der Waals surface area contributed by atoms with Crippen LogP contribution in [0.2, 0.25) is 0 Å². The zero-order valence-corrected chi connectivity index (χ0v) is 12.0. The second-order valence-electron chi connectivity index (χ2n) is 5.84. The normalized spacial score (nSPS) is 21.5. The van der Waals surface area contributed by atoms with E-state index in [-0.39, 0.29) is 5.60 Å². The largest absolute Gasteiger partial charge is 0.487 e. The lowest BCUT2D eigenvalue weighted by Crippen LogP contribution is -2.42. The van der Waals surface area contributed by atoms with Gasteiger partial charge in [0.25, 0.3) is 0 Å². The van der Waals surface area contributed by atoms with Crippen molar-refractivity contribution in [3.05, 3.63) is 29.8 Å². The summed E-state index contributed by atoms with van der Waals surface area (Å²) in [7, 11) is 0. The summed E-state index contributed by atoms with van der Waals surface area (Å²) >= 11 is 0. The van der Waals surface area contributed by atoms with E-state index in [0.717, 1.165) is 12.2 Å². The molecule has 1 N–H and O–H groups in total. The van der Waals surface area contributed by atoms with Crippen molar-refractivity contribution >= 4 is 0 Å². The smallest absolute Gasteiger partial charge is 0.124 e. The first-order valence-corrected chi connectivity index (χ1v) is 7.09. The Balaban J connectivity index is 2.24. The van der Waals surface area contributed by atoms with Crippen LogP contribution in [0.1, 0.15) is 58.6 Å². The minimum atomic E-state index is -0.0853. The van der Waals surface area contributed by atoms with Crippen LogP contribution in [0.5, 0.6) is 5.75 Å². The molecule has 1 heterocycles. The second kappa shape index (κ2) is 5.31. The van der Waals surface area contributed by atoms with Gasteiger partial charge in [-0.25, -0.2) is 0 Å². The number of hydrogen-bond donors (Lipinski definition) is 1. The molecule has 2 nitrogen and oxygen atoms in total. The van der Waals surface area contributed by atoms with Crippen LogP contribution in [-0.4, -0.2) is 11.6 Å². The van der Waals surface area contributed by atoms with E-state index in [4.69, 9.17) is 4.74 Å². The average molecular weight is 247 g/mol. The fraction of sp³-hybridized carbons (Fsp3) is 0.625. The molecule has 0 amide bonds. The fourth-order valence-corrected chi connectivity index (χ4v) is 2.76. The Kier molecular flexibility index (Phi) is 3.96. The predicted octanol–water partition coefficient (Wildman–Crippen LogP) is 4.07. The molecule has 0 aliphatic carbocycles. The SMILES string of the molecule is CCC(CC)NC1CC(C)(C)Oc2ccccc21. The summed E-state index contributed by atoms with van der Waals surface area (Å²) in [5, 5.41) is 3.79. The van der Waals surface area contributed by atoms with Gasteiger partial charge >= 0.3 is 0 Å². The lowest BCUT2D eigenvalue weighted by atomic mass is 9.89. The van der Waals surface area contributed by atoms with Crippen molar-refractivity contribution in [1.29, 1.82) is 0 Å². The Bertz CT molecular complexity index is 396. The van der Waals surface area contributed by atoms with Crippen LogP contribution in [0, 0.1) is 0 Å². The fourth-order valence-electron chi connectivity index (χ4n) is 2.76. The maximum absolute atomic E-state index is 6.06. The molecule has 0 bridgehead atoms. The summed E-state index contributed by atoms with van der Waals surface area (Å²) in [6, 6.07) is 9.42. The van der Waals surface area contributed by atoms with Gasteiger partial charge in [-0.15, -0.1) is 0 Å². The molecule has 0 saturated heterocycles. The molecule has 0 saturated carbocycles. The van der Waals surface area contributed by atoms with Crippen molar-refractivity contribution in [2.24, 2.45) is 0 Å². The zero-order chi connectivity index (χ0) is 13.2. The number of ether oxygens (including phenoxy) is 1. The van der Waals surface area contributed by atoms with E-state index >= 15 is 0 Å². The molecule has 2 heteroatoms. The Hall–Kier alpha value is -1.02. The third kappa shape index (κ3) is 2.86. The second-order valence-corrected chi connectivity index (χ2v) is 5.84. The number of benzene rings is 1. The van der Waals surface area contributed by atoms with Crippen LogP contribution in [0.15, 0.2) is 24.3 Å². The van der Waals surface area contributed by atoms with Gasteiger partial charge in [0.15, 0.2) is 0 Å². The van der Waals surface area contributed by atoms with Gasteiger partial charge in [0.2, 0.25) is 0 Å². The molecule has 1 aromatic carbocycles. The quantitative estimate of drug-likeness (QED) is 0.866. The molecule has 0 radical (unpaired) electrons. The Morgan fingerprint density at radius 2 is 1.94 bits per heavy atom. The monoisotopic (exact) mass is 247 g/mol. The molecule has 100 valence electrons. The molecule has 1 atom stereocenters. The summed E-state index contributed by atoms with van der Waals surface area (Å²) in [5.74, 6) is 1.04. The zero-order valence-electron chi connectivity index (χ0n) is 12.0. The van der Waals surface area contributed by atoms with Crippen molar-refractivity contribution in [1.82, 2.24) is 5.32 Å². The van der Waals surface area contributed by atoms with Crippen molar-refractivity contribution < 1.29 is 4.74 Å². The summed E-state index contributed by atoms with van der Waals surface area (Å²) < 4.78 is 6.06. The van der Waals surface area contributed by atoms with E-state index in [9.17, 15) is 0 Å². The van der Waals surface area contributed by atoms with E-state index < -0.39 is 0 Å². The Labute approximate surface area is 111 Å². The lowest BCUT2D eigenvalue weighted by molar-refractivity contribution is 0.0633.